The van der Waals surface area contributed by atoms with E-state index in [0.717, 1.165) is 18.2 Å². The fourth-order valence-corrected chi connectivity index (χ4v) is 1.70. The standard InChI is InChI=1S/C13H15F2N3/c1-10(9-18-6-2-5-17-18)16-8-11-3-4-12(14)13(15)7-11/h2-7,10,16H,8-9H2,1H3/t10-/m1/s1. The highest BCUT2D eigenvalue weighted by Crippen LogP contribution is 2.08. The minimum absolute atomic E-state index is 0.193. The molecule has 0 saturated heterocycles. The van der Waals surface area contributed by atoms with E-state index in [0.29, 0.717) is 6.54 Å². The molecule has 0 unspecified atom stereocenters. The Balaban J connectivity index is 1.85. The smallest absolute Gasteiger partial charge is 0.159 e. The number of nitrogens with one attached hydrogen (secondary N) is 1. The summed E-state index contributed by atoms with van der Waals surface area (Å²) in [6.45, 7) is 3.25. The SMILES string of the molecule is C[C@H](Cn1cccn1)NCc1ccc(F)c(F)c1. The first kappa shape index (κ1) is 12.7. The van der Waals surface area contributed by atoms with Crippen molar-refractivity contribution in [3.05, 3.63) is 53.9 Å². The van der Waals surface area contributed by atoms with Gasteiger partial charge in [0, 0.05) is 25.0 Å². The van der Waals surface area contributed by atoms with Gasteiger partial charge in [-0.1, -0.05) is 6.07 Å². The summed E-state index contributed by atoms with van der Waals surface area (Å²) in [5.41, 5.74) is 0.723. The van der Waals surface area contributed by atoms with Crippen molar-refractivity contribution >= 4 is 0 Å². The first-order valence-electron chi connectivity index (χ1n) is 5.80. The second kappa shape index (κ2) is 5.73. The maximum absolute atomic E-state index is 13.0. The molecule has 0 bridgehead atoms. The summed E-state index contributed by atoms with van der Waals surface area (Å²) in [4.78, 5) is 0. The lowest BCUT2D eigenvalue weighted by Gasteiger charge is -2.14. The fourth-order valence-electron chi connectivity index (χ4n) is 1.70. The maximum atomic E-state index is 13.0. The van der Waals surface area contributed by atoms with Gasteiger partial charge in [-0.25, -0.2) is 8.78 Å². The predicted molar refractivity (Wildman–Crippen MR) is 64.9 cm³/mol. The van der Waals surface area contributed by atoms with Crippen LogP contribution in [0.3, 0.4) is 0 Å². The topological polar surface area (TPSA) is 29.9 Å². The Bertz CT molecular complexity index is 497. The lowest BCUT2D eigenvalue weighted by Crippen LogP contribution is -2.30. The van der Waals surface area contributed by atoms with E-state index in [1.165, 1.54) is 6.07 Å². The molecule has 2 aromatic rings. The first-order chi connectivity index (χ1) is 8.65. The molecule has 1 heterocycles. The number of nitrogens with zero attached hydrogens (tertiary/aromatic N) is 2. The second-order valence-corrected chi connectivity index (χ2v) is 4.26. The van der Waals surface area contributed by atoms with E-state index < -0.39 is 11.6 Å². The molecule has 1 atom stereocenters. The quantitative estimate of drug-likeness (QED) is 0.884. The molecule has 2 rings (SSSR count). The van der Waals surface area contributed by atoms with Crippen molar-refractivity contribution < 1.29 is 8.78 Å². The van der Waals surface area contributed by atoms with Crippen molar-refractivity contribution in [3.8, 4) is 0 Å². The van der Waals surface area contributed by atoms with Gasteiger partial charge in [0.25, 0.3) is 0 Å². The van der Waals surface area contributed by atoms with Gasteiger partial charge in [-0.2, -0.15) is 5.10 Å². The van der Waals surface area contributed by atoms with Crippen LogP contribution in [0, 0.1) is 11.6 Å². The number of hydrogen-bond acceptors (Lipinski definition) is 2. The summed E-state index contributed by atoms with van der Waals surface area (Å²) in [5.74, 6) is -1.63. The van der Waals surface area contributed by atoms with Crippen LogP contribution in [0.25, 0.3) is 0 Å². The molecule has 0 aliphatic rings. The average molecular weight is 251 g/mol. The van der Waals surface area contributed by atoms with E-state index in [2.05, 4.69) is 10.4 Å². The van der Waals surface area contributed by atoms with Gasteiger partial charge >= 0.3 is 0 Å². The van der Waals surface area contributed by atoms with Crippen LogP contribution in [-0.2, 0) is 13.1 Å². The third kappa shape index (κ3) is 3.37. The second-order valence-electron chi connectivity index (χ2n) is 4.26. The highest BCUT2D eigenvalue weighted by Gasteiger charge is 2.05. The van der Waals surface area contributed by atoms with Crippen molar-refractivity contribution in [3.63, 3.8) is 0 Å². The van der Waals surface area contributed by atoms with Crippen LogP contribution in [0.5, 0.6) is 0 Å². The van der Waals surface area contributed by atoms with Crippen LogP contribution in [-0.4, -0.2) is 15.8 Å². The van der Waals surface area contributed by atoms with Gasteiger partial charge in [-0.15, -0.1) is 0 Å². The highest BCUT2D eigenvalue weighted by atomic mass is 19.2. The maximum Gasteiger partial charge on any atom is 0.159 e. The predicted octanol–water partition coefficient (Wildman–Crippen LogP) is 2.34. The van der Waals surface area contributed by atoms with E-state index in [-0.39, 0.29) is 6.04 Å². The van der Waals surface area contributed by atoms with Gasteiger partial charge < -0.3 is 5.32 Å². The molecule has 0 aliphatic heterocycles. The zero-order chi connectivity index (χ0) is 13.0. The van der Waals surface area contributed by atoms with E-state index in [4.69, 9.17) is 0 Å². The molecule has 1 aromatic heterocycles. The molecule has 0 amide bonds. The van der Waals surface area contributed by atoms with Crippen molar-refractivity contribution in [1.29, 1.82) is 0 Å². The summed E-state index contributed by atoms with van der Waals surface area (Å²) in [6, 6.07) is 5.99. The molecule has 0 spiro atoms. The Morgan fingerprint density at radius 2 is 2.17 bits per heavy atom. The molecule has 1 aromatic carbocycles. The van der Waals surface area contributed by atoms with Crippen LogP contribution in [0.4, 0.5) is 8.78 Å². The molecule has 0 saturated carbocycles. The van der Waals surface area contributed by atoms with Crippen LogP contribution in [0.1, 0.15) is 12.5 Å². The average Bonchev–Trinajstić information content (AvgIpc) is 2.83. The van der Waals surface area contributed by atoms with Crippen LogP contribution >= 0.6 is 0 Å². The number of benzene rings is 1. The highest BCUT2D eigenvalue weighted by molar-refractivity contribution is 5.17. The molecular weight excluding hydrogens is 236 g/mol. The molecule has 5 heteroatoms. The minimum atomic E-state index is -0.816. The van der Waals surface area contributed by atoms with Gasteiger partial charge in [-0.05, 0) is 30.7 Å². The molecule has 1 N–H and O–H groups in total. The van der Waals surface area contributed by atoms with Crippen molar-refractivity contribution in [2.24, 2.45) is 0 Å². The zero-order valence-corrected chi connectivity index (χ0v) is 10.1. The van der Waals surface area contributed by atoms with Gasteiger partial charge in [-0.3, -0.25) is 4.68 Å². The van der Waals surface area contributed by atoms with Crippen molar-refractivity contribution in [2.45, 2.75) is 26.1 Å². The summed E-state index contributed by atoms with van der Waals surface area (Å²) in [5, 5.41) is 7.34. The van der Waals surface area contributed by atoms with E-state index in [9.17, 15) is 8.78 Å². The summed E-state index contributed by atoms with van der Waals surface area (Å²) in [7, 11) is 0. The van der Waals surface area contributed by atoms with Crippen molar-refractivity contribution in [1.82, 2.24) is 15.1 Å². The monoisotopic (exact) mass is 251 g/mol. The first-order valence-corrected chi connectivity index (χ1v) is 5.80. The van der Waals surface area contributed by atoms with Crippen LogP contribution in [0.2, 0.25) is 0 Å². The summed E-state index contributed by atoms with van der Waals surface area (Å²) < 4.78 is 27.6. The van der Waals surface area contributed by atoms with E-state index in [1.54, 1.807) is 12.3 Å². The largest absolute Gasteiger partial charge is 0.308 e. The van der Waals surface area contributed by atoms with Gasteiger partial charge in [0.05, 0.1) is 6.54 Å². The Labute approximate surface area is 104 Å². The molecule has 0 fully saturated rings. The fraction of sp³-hybridized carbons (Fsp3) is 0.308. The molecule has 0 radical (unpaired) electrons. The number of halogens is 2. The number of hydrogen-bond donors (Lipinski definition) is 1. The molecule has 18 heavy (non-hydrogen) atoms. The minimum Gasteiger partial charge on any atom is -0.308 e. The zero-order valence-electron chi connectivity index (χ0n) is 10.1. The van der Waals surface area contributed by atoms with E-state index in [1.807, 2.05) is 23.9 Å². The lowest BCUT2D eigenvalue weighted by molar-refractivity contribution is 0.449. The van der Waals surface area contributed by atoms with Crippen LogP contribution in [0.15, 0.2) is 36.7 Å². The van der Waals surface area contributed by atoms with Crippen molar-refractivity contribution in [2.75, 3.05) is 0 Å². The number of rotatable bonds is 5. The Morgan fingerprint density at radius 3 is 2.83 bits per heavy atom. The molecule has 3 nitrogen and oxygen atoms in total. The summed E-state index contributed by atoms with van der Waals surface area (Å²) >= 11 is 0. The third-order valence-corrected chi connectivity index (χ3v) is 2.66. The van der Waals surface area contributed by atoms with Gasteiger partial charge in [0.1, 0.15) is 0 Å². The Morgan fingerprint density at radius 1 is 1.33 bits per heavy atom. The Hall–Kier alpha value is -1.75. The molecule has 0 aliphatic carbocycles. The lowest BCUT2D eigenvalue weighted by atomic mass is 10.2. The normalized spacial score (nSPS) is 12.6. The Kier molecular flexibility index (Phi) is 4.04. The molecule has 96 valence electrons. The number of aromatic nitrogens is 2. The van der Waals surface area contributed by atoms with Gasteiger partial charge in [0.2, 0.25) is 0 Å². The molecular formula is C13H15F2N3. The van der Waals surface area contributed by atoms with E-state index >= 15 is 0 Å². The van der Waals surface area contributed by atoms with Gasteiger partial charge in [0.15, 0.2) is 11.6 Å². The summed E-state index contributed by atoms with van der Waals surface area (Å²) in [6.07, 6.45) is 3.61. The van der Waals surface area contributed by atoms with Crippen LogP contribution < -0.4 is 5.32 Å². The third-order valence-electron chi connectivity index (χ3n) is 2.66.